The number of amides is 1. The molecule has 1 aliphatic carbocycles. The average molecular weight is 361 g/mol. The lowest BCUT2D eigenvalue weighted by Gasteiger charge is -2.37. The number of halogens is 3. The fraction of sp³-hybridized carbons (Fsp3) is 0.533. The third-order valence-electron chi connectivity index (χ3n) is 4.36. The minimum Gasteiger partial charge on any atom is -0.329 e. The zero-order valence-corrected chi connectivity index (χ0v) is 13.5. The maximum atomic E-state index is 13.7. The van der Waals surface area contributed by atoms with Crippen LogP contribution in [0.4, 0.5) is 14.5 Å². The summed E-state index contributed by atoms with van der Waals surface area (Å²) in [5.74, 6) is -1.20. The van der Waals surface area contributed by atoms with E-state index in [4.69, 9.17) is 5.73 Å². The Morgan fingerprint density at radius 1 is 1.38 bits per heavy atom. The van der Waals surface area contributed by atoms with Gasteiger partial charge in [0, 0.05) is 12.6 Å². The Balaban J connectivity index is 2.18. The first-order chi connectivity index (χ1) is 9.88. The quantitative estimate of drug-likeness (QED) is 0.805. The van der Waals surface area contributed by atoms with Crippen LogP contribution in [0.25, 0.3) is 0 Å². The molecule has 0 heterocycles. The Kier molecular flexibility index (Phi) is 4.99. The molecule has 1 fully saturated rings. The van der Waals surface area contributed by atoms with Gasteiger partial charge in [-0.2, -0.15) is 0 Å². The summed E-state index contributed by atoms with van der Waals surface area (Å²) in [5.41, 5.74) is 5.13. The van der Waals surface area contributed by atoms with Crippen molar-refractivity contribution in [2.24, 2.45) is 17.1 Å². The number of hydrogen-bond donors (Lipinski definition) is 2. The van der Waals surface area contributed by atoms with Crippen LogP contribution in [0.5, 0.6) is 0 Å². The molecule has 116 valence electrons. The number of carbonyl (C=O) groups excluding carboxylic acids is 1. The van der Waals surface area contributed by atoms with E-state index >= 15 is 0 Å². The van der Waals surface area contributed by atoms with Gasteiger partial charge in [0.2, 0.25) is 5.91 Å². The van der Waals surface area contributed by atoms with E-state index in [9.17, 15) is 13.6 Å². The molecule has 0 radical (unpaired) electrons. The normalized spacial score (nSPS) is 25.7. The molecule has 0 aromatic heterocycles. The van der Waals surface area contributed by atoms with Gasteiger partial charge in [-0.25, -0.2) is 8.78 Å². The van der Waals surface area contributed by atoms with Crippen molar-refractivity contribution in [3.63, 3.8) is 0 Å². The highest BCUT2D eigenvalue weighted by Crippen LogP contribution is 2.39. The van der Waals surface area contributed by atoms with E-state index in [0.717, 1.165) is 18.9 Å². The van der Waals surface area contributed by atoms with E-state index in [2.05, 4.69) is 28.2 Å². The monoisotopic (exact) mass is 360 g/mol. The van der Waals surface area contributed by atoms with Gasteiger partial charge in [-0.05, 0) is 53.6 Å². The Bertz CT molecular complexity index is 543. The summed E-state index contributed by atoms with van der Waals surface area (Å²) in [6.07, 6.45) is 3.25. The summed E-state index contributed by atoms with van der Waals surface area (Å²) in [4.78, 5) is 12.5. The number of anilines is 1. The predicted molar refractivity (Wildman–Crippen MR) is 81.8 cm³/mol. The van der Waals surface area contributed by atoms with Crippen molar-refractivity contribution in [3.8, 4) is 0 Å². The van der Waals surface area contributed by atoms with Gasteiger partial charge in [0.15, 0.2) is 0 Å². The van der Waals surface area contributed by atoms with Crippen LogP contribution in [0.15, 0.2) is 16.6 Å². The van der Waals surface area contributed by atoms with Crippen LogP contribution in [0.3, 0.4) is 0 Å². The van der Waals surface area contributed by atoms with Crippen molar-refractivity contribution in [1.82, 2.24) is 0 Å². The van der Waals surface area contributed by atoms with Crippen LogP contribution in [-0.2, 0) is 4.79 Å². The zero-order valence-electron chi connectivity index (χ0n) is 11.9. The molecule has 1 aromatic carbocycles. The molecule has 0 unspecified atom stereocenters. The van der Waals surface area contributed by atoms with Crippen LogP contribution in [0.1, 0.15) is 32.6 Å². The second-order valence-corrected chi connectivity index (χ2v) is 6.72. The standard InChI is InChI=1S/C15H19BrF2N2O/c1-9-2-4-15(8-19,5-3-9)14(21)20-13-6-10(16)11(17)7-12(13)18/h6-7,9H,2-5,8,19H2,1H3,(H,20,21). The number of nitrogens with one attached hydrogen (secondary N) is 1. The van der Waals surface area contributed by atoms with Crippen molar-refractivity contribution in [2.75, 3.05) is 11.9 Å². The maximum absolute atomic E-state index is 13.7. The van der Waals surface area contributed by atoms with Crippen molar-refractivity contribution in [3.05, 3.63) is 28.2 Å². The van der Waals surface area contributed by atoms with Gasteiger partial charge in [-0.15, -0.1) is 0 Å². The topological polar surface area (TPSA) is 55.1 Å². The Morgan fingerprint density at radius 2 is 2.00 bits per heavy atom. The van der Waals surface area contributed by atoms with E-state index in [-0.39, 0.29) is 22.6 Å². The molecule has 6 heteroatoms. The van der Waals surface area contributed by atoms with Gasteiger partial charge in [-0.3, -0.25) is 4.79 Å². The van der Waals surface area contributed by atoms with Gasteiger partial charge in [0.1, 0.15) is 11.6 Å². The van der Waals surface area contributed by atoms with E-state index in [1.807, 2.05) is 0 Å². The maximum Gasteiger partial charge on any atom is 0.231 e. The SMILES string of the molecule is CC1CCC(CN)(C(=O)Nc2cc(Br)c(F)cc2F)CC1. The van der Waals surface area contributed by atoms with E-state index in [1.165, 1.54) is 6.07 Å². The molecule has 0 aliphatic heterocycles. The molecular formula is C15H19BrF2N2O. The highest BCUT2D eigenvalue weighted by atomic mass is 79.9. The molecule has 0 spiro atoms. The molecule has 0 saturated heterocycles. The second-order valence-electron chi connectivity index (χ2n) is 5.87. The van der Waals surface area contributed by atoms with Crippen molar-refractivity contribution < 1.29 is 13.6 Å². The predicted octanol–water partition coefficient (Wildman–Crippen LogP) is 3.82. The van der Waals surface area contributed by atoms with Gasteiger partial charge >= 0.3 is 0 Å². The molecular weight excluding hydrogens is 342 g/mol. The smallest absolute Gasteiger partial charge is 0.231 e. The molecule has 3 nitrogen and oxygen atoms in total. The summed E-state index contributed by atoms with van der Waals surface area (Å²) >= 11 is 2.99. The summed E-state index contributed by atoms with van der Waals surface area (Å²) in [6.45, 7) is 2.38. The number of rotatable bonds is 3. The number of carbonyl (C=O) groups is 1. The first kappa shape index (κ1) is 16.4. The molecule has 0 bridgehead atoms. The van der Waals surface area contributed by atoms with Crippen LogP contribution in [0, 0.1) is 23.0 Å². The summed E-state index contributed by atoms with van der Waals surface area (Å²) < 4.78 is 27.1. The first-order valence-electron chi connectivity index (χ1n) is 7.04. The molecule has 1 aromatic rings. The number of benzene rings is 1. The van der Waals surface area contributed by atoms with Gasteiger partial charge in [-0.1, -0.05) is 6.92 Å². The fourth-order valence-corrected chi connectivity index (χ4v) is 3.06. The lowest BCUT2D eigenvalue weighted by Crippen LogP contribution is -2.45. The van der Waals surface area contributed by atoms with E-state index < -0.39 is 17.0 Å². The second kappa shape index (κ2) is 6.40. The minimum atomic E-state index is -0.791. The van der Waals surface area contributed by atoms with Crippen LogP contribution in [0.2, 0.25) is 0 Å². The Morgan fingerprint density at radius 3 is 2.57 bits per heavy atom. The van der Waals surface area contributed by atoms with Crippen molar-refractivity contribution in [1.29, 1.82) is 0 Å². The fourth-order valence-electron chi connectivity index (χ4n) is 2.71. The summed E-state index contributed by atoms with van der Waals surface area (Å²) in [7, 11) is 0. The van der Waals surface area contributed by atoms with Gasteiger partial charge < -0.3 is 11.1 Å². The van der Waals surface area contributed by atoms with Crippen LogP contribution < -0.4 is 11.1 Å². The highest BCUT2D eigenvalue weighted by molar-refractivity contribution is 9.10. The molecule has 1 aliphatic rings. The molecule has 21 heavy (non-hydrogen) atoms. The molecule has 1 saturated carbocycles. The largest absolute Gasteiger partial charge is 0.329 e. The number of hydrogen-bond acceptors (Lipinski definition) is 2. The Hall–Kier alpha value is -1.01. The number of nitrogens with two attached hydrogens (primary N) is 1. The van der Waals surface area contributed by atoms with E-state index in [0.29, 0.717) is 18.8 Å². The molecule has 0 atom stereocenters. The van der Waals surface area contributed by atoms with Crippen LogP contribution in [-0.4, -0.2) is 12.5 Å². The van der Waals surface area contributed by atoms with Crippen molar-refractivity contribution in [2.45, 2.75) is 32.6 Å². The van der Waals surface area contributed by atoms with Gasteiger partial charge in [0.25, 0.3) is 0 Å². The molecule has 3 N–H and O–H groups in total. The third-order valence-corrected chi connectivity index (χ3v) is 4.97. The average Bonchev–Trinajstić information content (AvgIpc) is 2.46. The molecule has 1 amide bonds. The zero-order chi connectivity index (χ0) is 15.6. The first-order valence-corrected chi connectivity index (χ1v) is 7.83. The minimum absolute atomic E-state index is 0.0280. The van der Waals surface area contributed by atoms with Crippen LogP contribution >= 0.6 is 15.9 Å². The van der Waals surface area contributed by atoms with Gasteiger partial charge in [0.05, 0.1) is 15.6 Å². The molecule has 2 rings (SSSR count). The highest BCUT2D eigenvalue weighted by Gasteiger charge is 2.40. The summed E-state index contributed by atoms with van der Waals surface area (Å²) in [5, 5.41) is 2.56. The van der Waals surface area contributed by atoms with Crippen molar-refractivity contribution >= 4 is 27.5 Å². The third kappa shape index (κ3) is 3.43. The summed E-state index contributed by atoms with van der Waals surface area (Å²) in [6, 6.07) is 1.98. The lowest BCUT2D eigenvalue weighted by atomic mass is 9.70. The van der Waals surface area contributed by atoms with E-state index in [1.54, 1.807) is 0 Å². The lowest BCUT2D eigenvalue weighted by molar-refractivity contribution is -0.127. The Labute approximate surface area is 131 Å².